The number of nitrogens with zero attached hydrogens (tertiary/aromatic N) is 1. The van der Waals surface area contributed by atoms with Crippen molar-refractivity contribution in [1.82, 2.24) is 4.90 Å². The first-order chi connectivity index (χ1) is 8.99. The summed E-state index contributed by atoms with van der Waals surface area (Å²) in [6.07, 6.45) is -1.12. The third-order valence-corrected chi connectivity index (χ3v) is 3.14. The van der Waals surface area contributed by atoms with Gasteiger partial charge in [-0.1, -0.05) is 0 Å². The van der Waals surface area contributed by atoms with E-state index in [0.29, 0.717) is 0 Å². The van der Waals surface area contributed by atoms with E-state index in [1.165, 1.54) is 12.1 Å². The maximum absolute atomic E-state index is 12.8. The van der Waals surface area contributed by atoms with Crippen molar-refractivity contribution in [3.05, 3.63) is 35.6 Å². The molecule has 5 nitrogen and oxygen atoms in total. The molecule has 0 saturated carbocycles. The van der Waals surface area contributed by atoms with Crippen LogP contribution in [0.3, 0.4) is 0 Å². The summed E-state index contributed by atoms with van der Waals surface area (Å²) in [6.45, 7) is -0.0221. The molecule has 0 spiro atoms. The fourth-order valence-corrected chi connectivity index (χ4v) is 2.05. The quantitative estimate of drug-likeness (QED) is 0.650. The third-order valence-electron chi connectivity index (χ3n) is 3.14. The highest BCUT2D eigenvalue weighted by molar-refractivity contribution is 6.11. The van der Waals surface area contributed by atoms with Crippen LogP contribution in [0.2, 0.25) is 0 Å². The molecule has 1 aromatic rings. The number of ketones is 2. The van der Waals surface area contributed by atoms with E-state index in [2.05, 4.69) is 0 Å². The van der Waals surface area contributed by atoms with Gasteiger partial charge in [-0.05, 0) is 24.3 Å². The Labute approximate surface area is 108 Å². The molecule has 1 saturated heterocycles. The van der Waals surface area contributed by atoms with E-state index in [-0.39, 0.29) is 30.9 Å². The Kier molecular flexibility index (Phi) is 3.59. The predicted molar refractivity (Wildman–Crippen MR) is 63.4 cm³/mol. The number of carbonyl (C=O) groups is 3. The predicted octanol–water partition coefficient (Wildman–Crippen LogP) is 1.58. The third kappa shape index (κ3) is 2.78. The van der Waals surface area contributed by atoms with Gasteiger partial charge in [0.1, 0.15) is 11.6 Å². The van der Waals surface area contributed by atoms with Gasteiger partial charge in [-0.2, -0.15) is 0 Å². The Morgan fingerprint density at radius 3 is 2.47 bits per heavy atom. The minimum Gasteiger partial charge on any atom is -0.465 e. The first-order valence-electron chi connectivity index (χ1n) is 5.79. The molecule has 1 unspecified atom stereocenters. The summed E-state index contributed by atoms with van der Waals surface area (Å²) in [5.74, 6) is -2.20. The summed E-state index contributed by atoms with van der Waals surface area (Å²) in [6, 6.07) is 4.86. The zero-order valence-corrected chi connectivity index (χ0v) is 10.0. The molecule has 1 atom stereocenters. The van der Waals surface area contributed by atoms with Crippen LogP contribution >= 0.6 is 0 Å². The SMILES string of the molecule is O=C1CCN(C(=O)O)CC1C(=O)c1ccc(F)cc1. The monoisotopic (exact) mass is 265 g/mol. The lowest BCUT2D eigenvalue weighted by Crippen LogP contribution is -2.46. The van der Waals surface area contributed by atoms with E-state index in [9.17, 15) is 18.8 Å². The van der Waals surface area contributed by atoms with Crippen LogP contribution in [-0.4, -0.2) is 40.8 Å². The molecule has 2 rings (SSSR count). The van der Waals surface area contributed by atoms with Crippen LogP contribution in [0.5, 0.6) is 0 Å². The van der Waals surface area contributed by atoms with E-state index in [1.54, 1.807) is 0 Å². The minimum absolute atomic E-state index is 0.0316. The maximum Gasteiger partial charge on any atom is 0.407 e. The van der Waals surface area contributed by atoms with Gasteiger partial charge in [-0.3, -0.25) is 9.59 Å². The van der Waals surface area contributed by atoms with Gasteiger partial charge in [0.15, 0.2) is 5.78 Å². The first-order valence-corrected chi connectivity index (χ1v) is 5.79. The second kappa shape index (κ2) is 5.17. The van der Waals surface area contributed by atoms with E-state index < -0.39 is 23.6 Å². The van der Waals surface area contributed by atoms with Crippen LogP contribution in [0.4, 0.5) is 9.18 Å². The van der Waals surface area contributed by atoms with E-state index in [1.807, 2.05) is 0 Å². The largest absolute Gasteiger partial charge is 0.465 e. The smallest absolute Gasteiger partial charge is 0.407 e. The van der Waals surface area contributed by atoms with Gasteiger partial charge in [-0.25, -0.2) is 9.18 Å². The van der Waals surface area contributed by atoms with E-state index in [4.69, 9.17) is 5.11 Å². The summed E-state index contributed by atoms with van der Waals surface area (Å²) in [4.78, 5) is 35.8. The number of halogens is 1. The molecule has 1 heterocycles. The summed E-state index contributed by atoms with van der Waals surface area (Å²) < 4.78 is 12.8. The summed E-state index contributed by atoms with van der Waals surface area (Å²) in [7, 11) is 0. The molecule has 100 valence electrons. The number of hydrogen-bond acceptors (Lipinski definition) is 3. The van der Waals surface area contributed by atoms with Gasteiger partial charge in [-0.15, -0.1) is 0 Å². The highest BCUT2D eigenvalue weighted by Crippen LogP contribution is 2.18. The van der Waals surface area contributed by atoms with E-state index in [0.717, 1.165) is 17.0 Å². The van der Waals surface area contributed by atoms with Gasteiger partial charge in [0.2, 0.25) is 0 Å². The molecule has 0 aliphatic carbocycles. The van der Waals surface area contributed by atoms with Crippen molar-refractivity contribution in [3.63, 3.8) is 0 Å². The summed E-state index contributed by atoms with van der Waals surface area (Å²) in [5, 5.41) is 8.88. The molecule has 1 amide bonds. The zero-order valence-electron chi connectivity index (χ0n) is 10.0. The topological polar surface area (TPSA) is 74.7 Å². The molecule has 6 heteroatoms. The second-order valence-corrected chi connectivity index (χ2v) is 4.37. The molecule has 0 bridgehead atoms. The average Bonchev–Trinajstić information content (AvgIpc) is 2.39. The number of likely N-dealkylation sites (tertiary alicyclic amines) is 1. The van der Waals surface area contributed by atoms with Crippen LogP contribution in [0.25, 0.3) is 0 Å². The molecular weight excluding hydrogens is 253 g/mol. The number of Topliss-reactive ketones (excluding diaryl/α,β-unsaturated/α-hetero) is 2. The molecule has 1 N–H and O–H groups in total. The van der Waals surface area contributed by atoms with Gasteiger partial charge in [0.25, 0.3) is 0 Å². The Bertz CT molecular complexity index is 526. The van der Waals surface area contributed by atoms with Crippen molar-refractivity contribution < 1.29 is 23.9 Å². The van der Waals surface area contributed by atoms with Crippen molar-refractivity contribution in [2.75, 3.05) is 13.1 Å². The lowest BCUT2D eigenvalue weighted by atomic mass is 9.89. The van der Waals surface area contributed by atoms with E-state index >= 15 is 0 Å². The van der Waals surface area contributed by atoms with Crippen molar-refractivity contribution in [1.29, 1.82) is 0 Å². The standard InChI is InChI=1S/C13H12FNO4/c14-9-3-1-8(2-4-9)12(17)10-7-15(13(18)19)6-5-11(10)16/h1-4,10H,5-7H2,(H,18,19). The average molecular weight is 265 g/mol. The Morgan fingerprint density at radius 1 is 1.26 bits per heavy atom. The molecule has 0 radical (unpaired) electrons. The lowest BCUT2D eigenvalue weighted by molar-refractivity contribution is -0.123. The van der Waals surface area contributed by atoms with Crippen molar-refractivity contribution in [2.24, 2.45) is 5.92 Å². The number of carboxylic acid groups (broad SMARTS) is 1. The van der Waals surface area contributed by atoms with Gasteiger partial charge in [0.05, 0.1) is 5.92 Å². The number of piperidine rings is 1. The number of hydrogen-bond donors (Lipinski definition) is 1. The molecule has 1 aliphatic heterocycles. The normalized spacial score (nSPS) is 19.3. The molecule has 1 aromatic carbocycles. The van der Waals surface area contributed by atoms with Crippen LogP contribution in [0.15, 0.2) is 24.3 Å². The maximum atomic E-state index is 12.8. The highest BCUT2D eigenvalue weighted by Gasteiger charge is 2.35. The van der Waals surface area contributed by atoms with Gasteiger partial charge >= 0.3 is 6.09 Å². The molecule has 1 fully saturated rings. The Morgan fingerprint density at radius 2 is 1.89 bits per heavy atom. The fraction of sp³-hybridized carbons (Fsp3) is 0.308. The summed E-state index contributed by atoms with van der Waals surface area (Å²) in [5.41, 5.74) is 0.215. The van der Waals surface area contributed by atoms with Crippen molar-refractivity contribution in [3.8, 4) is 0 Å². The Hall–Kier alpha value is -2.24. The second-order valence-electron chi connectivity index (χ2n) is 4.37. The lowest BCUT2D eigenvalue weighted by Gasteiger charge is -2.28. The van der Waals surface area contributed by atoms with Crippen LogP contribution < -0.4 is 0 Å². The van der Waals surface area contributed by atoms with Crippen LogP contribution in [-0.2, 0) is 4.79 Å². The number of amides is 1. The molecule has 1 aliphatic rings. The molecule has 19 heavy (non-hydrogen) atoms. The number of rotatable bonds is 2. The molecule has 0 aromatic heterocycles. The van der Waals surface area contributed by atoms with Crippen LogP contribution in [0, 0.1) is 11.7 Å². The van der Waals surface area contributed by atoms with Gasteiger partial charge < -0.3 is 10.0 Å². The molecular formula is C13H12FNO4. The number of benzene rings is 1. The van der Waals surface area contributed by atoms with Crippen LogP contribution in [0.1, 0.15) is 16.8 Å². The Balaban J connectivity index is 2.19. The summed E-state index contributed by atoms with van der Waals surface area (Å²) >= 11 is 0. The number of carbonyl (C=O) groups excluding carboxylic acids is 2. The highest BCUT2D eigenvalue weighted by atomic mass is 19.1. The van der Waals surface area contributed by atoms with Crippen molar-refractivity contribution in [2.45, 2.75) is 6.42 Å². The zero-order chi connectivity index (χ0) is 14.0. The first kappa shape index (κ1) is 13.2. The van der Waals surface area contributed by atoms with Gasteiger partial charge in [0, 0.05) is 25.1 Å². The fourth-order valence-electron chi connectivity index (χ4n) is 2.05. The van der Waals surface area contributed by atoms with Crippen molar-refractivity contribution >= 4 is 17.7 Å². The minimum atomic E-state index is -1.15.